The van der Waals surface area contributed by atoms with Crippen LogP contribution in [0.2, 0.25) is 0 Å². The molecule has 5 heteroatoms. The van der Waals surface area contributed by atoms with Crippen molar-refractivity contribution in [2.24, 2.45) is 0 Å². The van der Waals surface area contributed by atoms with Gasteiger partial charge in [-0.25, -0.2) is 4.39 Å². The molecular formula is C14H11Br2FO2. The SMILES string of the molecule is C[C@@H](O)c1ccc(Oc2ccc(F)cc2Br)c(Br)c1. The van der Waals surface area contributed by atoms with Crippen LogP contribution in [-0.4, -0.2) is 5.11 Å². The number of hydrogen-bond acceptors (Lipinski definition) is 2. The Morgan fingerprint density at radius 1 is 1.05 bits per heavy atom. The number of rotatable bonds is 3. The van der Waals surface area contributed by atoms with E-state index in [-0.39, 0.29) is 5.82 Å². The minimum absolute atomic E-state index is 0.331. The van der Waals surface area contributed by atoms with Gasteiger partial charge in [-0.05, 0) is 74.7 Å². The predicted molar refractivity (Wildman–Crippen MR) is 78.9 cm³/mol. The van der Waals surface area contributed by atoms with Crippen molar-refractivity contribution in [2.45, 2.75) is 13.0 Å². The molecule has 0 saturated heterocycles. The molecule has 0 unspecified atom stereocenters. The zero-order valence-corrected chi connectivity index (χ0v) is 13.2. The van der Waals surface area contributed by atoms with Crippen LogP contribution in [-0.2, 0) is 0 Å². The second-order valence-electron chi connectivity index (χ2n) is 4.04. The Kier molecular flexibility index (Phi) is 4.60. The molecule has 2 aromatic carbocycles. The van der Waals surface area contributed by atoms with Gasteiger partial charge in [0.05, 0.1) is 15.0 Å². The maximum atomic E-state index is 13.0. The summed E-state index contributed by atoms with van der Waals surface area (Å²) in [6.45, 7) is 1.69. The molecule has 0 heterocycles. The molecule has 2 nitrogen and oxygen atoms in total. The summed E-state index contributed by atoms with van der Waals surface area (Å²) >= 11 is 6.63. The standard InChI is InChI=1S/C14H11Br2FO2/c1-8(18)9-2-4-13(11(15)6-9)19-14-5-3-10(17)7-12(14)16/h2-8,18H,1H3/t8-/m1/s1. The molecule has 1 N–H and O–H groups in total. The fraction of sp³-hybridized carbons (Fsp3) is 0.143. The first-order chi connectivity index (χ1) is 8.97. The van der Waals surface area contributed by atoms with E-state index in [1.54, 1.807) is 31.2 Å². The fourth-order valence-corrected chi connectivity index (χ4v) is 2.45. The van der Waals surface area contributed by atoms with Crippen LogP contribution >= 0.6 is 31.9 Å². The highest BCUT2D eigenvalue weighted by Crippen LogP contribution is 2.35. The average molecular weight is 390 g/mol. The van der Waals surface area contributed by atoms with Crippen LogP contribution < -0.4 is 4.74 Å². The molecule has 0 aromatic heterocycles. The maximum absolute atomic E-state index is 13.0. The molecule has 0 spiro atoms. The van der Waals surface area contributed by atoms with E-state index in [0.717, 1.165) is 10.0 Å². The summed E-state index contributed by atoms with van der Waals surface area (Å²) in [6, 6.07) is 9.54. The molecule has 0 radical (unpaired) electrons. The van der Waals surface area contributed by atoms with Crippen LogP contribution in [0, 0.1) is 5.82 Å². The van der Waals surface area contributed by atoms with Crippen molar-refractivity contribution in [3.63, 3.8) is 0 Å². The molecule has 0 fully saturated rings. The highest BCUT2D eigenvalue weighted by atomic mass is 79.9. The Morgan fingerprint density at radius 2 is 1.63 bits per heavy atom. The summed E-state index contributed by atoms with van der Waals surface area (Å²) in [7, 11) is 0. The van der Waals surface area contributed by atoms with Crippen LogP contribution in [0.15, 0.2) is 45.3 Å². The van der Waals surface area contributed by atoms with E-state index in [4.69, 9.17) is 4.74 Å². The van der Waals surface area contributed by atoms with Gasteiger partial charge >= 0.3 is 0 Å². The Labute approximate surface area is 127 Å². The summed E-state index contributed by atoms with van der Waals surface area (Å²) in [4.78, 5) is 0. The Morgan fingerprint density at radius 3 is 2.16 bits per heavy atom. The molecule has 2 aromatic rings. The first-order valence-corrected chi connectivity index (χ1v) is 7.16. The van der Waals surface area contributed by atoms with Crippen molar-refractivity contribution >= 4 is 31.9 Å². The third kappa shape index (κ3) is 3.55. The summed E-state index contributed by atoms with van der Waals surface area (Å²) in [5, 5.41) is 9.49. The van der Waals surface area contributed by atoms with Crippen molar-refractivity contribution in [2.75, 3.05) is 0 Å². The first kappa shape index (κ1) is 14.5. The molecule has 2 rings (SSSR count). The van der Waals surface area contributed by atoms with Gasteiger partial charge in [0.2, 0.25) is 0 Å². The number of aliphatic hydroxyl groups is 1. The highest BCUT2D eigenvalue weighted by Gasteiger charge is 2.09. The summed E-state index contributed by atoms with van der Waals surface area (Å²) < 4.78 is 19.9. The number of benzene rings is 2. The van der Waals surface area contributed by atoms with Crippen LogP contribution in [0.1, 0.15) is 18.6 Å². The third-order valence-electron chi connectivity index (χ3n) is 2.55. The monoisotopic (exact) mass is 388 g/mol. The second-order valence-corrected chi connectivity index (χ2v) is 5.75. The quantitative estimate of drug-likeness (QED) is 0.781. The van der Waals surface area contributed by atoms with Gasteiger partial charge in [-0.15, -0.1) is 0 Å². The van der Waals surface area contributed by atoms with Crippen molar-refractivity contribution in [1.29, 1.82) is 0 Å². The van der Waals surface area contributed by atoms with Crippen LogP contribution in [0.4, 0.5) is 4.39 Å². The molecule has 100 valence electrons. The first-order valence-electron chi connectivity index (χ1n) is 5.58. The smallest absolute Gasteiger partial charge is 0.141 e. The zero-order chi connectivity index (χ0) is 14.0. The molecular weight excluding hydrogens is 379 g/mol. The van der Waals surface area contributed by atoms with Crippen LogP contribution in [0.25, 0.3) is 0 Å². The van der Waals surface area contributed by atoms with E-state index in [1.807, 2.05) is 0 Å². The summed E-state index contributed by atoms with van der Waals surface area (Å²) in [6.07, 6.45) is -0.539. The Balaban J connectivity index is 2.28. The second kappa shape index (κ2) is 6.03. The average Bonchev–Trinajstić information content (AvgIpc) is 2.34. The minimum Gasteiger partial charge on any atom is -0.455 e. The molecule has 0 aliphatic rings. The van der Waals surface area contributed by atoms with Crippen molar-refractivity contribution in [3.8, 4) is 11.5 Å². The third-order valence-corrected chi connectivity index (χ3v) is 3.79. The van der Waals surface area contributed by atoms with Crippen LogP contribution in [0.5, 0.6) is 11.5 Å². The van der Waals surface area contributed by atoms with Gasteiger partial charge in [0.15, 0.2) is 0 Å². The number of ether oxygens (including phenoxy) is 1. The van der Waals surface area contributed by atoms with E-state index >= 15 is 0 Å². The molecule has 0 saturated carbocycles. The lowest BCUT2D eigenvalue weighted by Crippen LogP contribution is -1.93. The van der Waals surface area contributed by atoms with E-state index in [9.17, 15) is 9.50 Å². The van der Waals surface area contributed by atoms with Crippen molar-refractivity contribution < 1.29 is 14.2 Å². The zero-order valence-electron chi connectivity index (χ0n) is 10.0. The fourth-order valence-electron chi connectivity index (χ4n) is 1.54. The Hall–Kier alpha value is -0.910. The van der Waals surface area contributed by atoms with Gasteiger partial charge in [-0.3, -0.25) is 0 Å². The van der Waals surface area contributed by atoms with Gasteiger partial charge in [0.1, 0.15) is 17.3 Å². The van der Waals surface area contributed by atoms with E-state index < -0.39 is 6.10 Å². The van der Waals surface area contributed by atoms with Crippen molar-refractivity contribution in [3.05, 3.63) is 56.7 Å². The molecule has 1 atom stereocenters. The van der Waals surface area contributed by atoms with Gasteiger partial charge in [0.25, 0.3) is 0 Å². The topological polar surface area (TPSA) is 29.5 Å². The lowest BCUT2D eigenvalue weighted by atomic mass is 10.1. The lowest BCUT2D eigenvalue weighted by molar-refractivity contribution is 0.199. The van der Waals surface area contributed by atoms with Gasteiger partial charge in [0, 0.05) is 0 Å². The summed E-state index contributed by atoms with van der Waals surface area (Å²) in [5.74, 6) is 0.784. The number of aliphatic hydroxyl groups excluding tert-OH is 1. The van der Waals surface area contributed by atoms with Gasteiger partial charge in [-0.1, -0.05) is 6.07 Å². The van der Waals surface area contributed by atoms with Gasteiger partial charge in [-0.2, -0.15) is 0 Å². The largest absolute Gasteiger partial charge is 0.455 e. The number of hydrogen-bond donors (Lipinski definition) is 1. The predicted octanol–water partition coefficient (Wildman–Crippen LogP) is 5.20. The normalized spacial score (nSPS) is 12.3. The highest BCUT2D eigenvalue weighted by molar-refractivity contribution is 9.11. The van der Waals surface area contributed by atoms with Crippen molar-refractivity contribution in [1.82, 2.24) is 0 Å². The molecule has 0 amide bonds. The van der Waals surface area contributed by atoms with E-state index in [2.05, 4.69) is 31.9 Å². The van der Waals surface area contributed by atoms with E-state index in [1.165, 1.54) is 12.1 Å². The summed E-state index contributed by atoms with van der Waals surface area (Å²) in [5.41, 5.74) is 0.789. The lowest BCUT2D eigenvalue weighted by Gasteiger charge is -2.11. The molecule has 0 aliphatic heterocycles. The molecule has 19 heavy (non-hydrogen) atoms. The molecule has 0 aliphatic carbocycles. The maximum Gasteiger partial charge on any atom is 0.141 e. The molecule has 0 bridgehead atoms. The van der Waals surface area contributed by atoms with Crippen LogP contribution in [0.3, 0.4) is 0 Å². The van der Waals surface area contributed by atoms with E-state index in [0.29, 0.717) is 16.0 Å². The minimum atomic E-state index is -0.539. The Bertz CT molecular complexity index is 600. The number of halogens is 3. The van der Waals surface area contributed by atoms with Gasteiger partial charge < -0.3 is 9.84 Å².